The minimum Gasteiger partial charge on any atom is -0.378 e. The van der Waals surface area contributed by atoms with E-state index in [0.29, 0.717) is 6.54 Å². The van der Waals surface area contributed by atoms with Crippen LogP contribution < -0.4 is 5.32 Å². The molecule has 4 nitrogen and oxygen atoms in total. The maximum Gasteiger partial charge on any atom is 0.146 e. The summed E-state index contributed by atoms with van der Waals surface area (Å²) < 4.78 is 1.95. The van der Waals surface area contributed by atoms with Crippen LogP contribution in [0.25, 0.3) is 0 Å². The Balaban J connectivity index is 1.95. The van der Waals surface area contributed by atoms with Gasteiger partial charge in [0.05, 0.1) is 6.54 Å². The lowest BCUT2D eigenvalue weighted by atomic mass is 10.3. The Hall–Kier alpha value is -1.49. The maximum absolute atomic E-state index is 4.27. The third kappa shape index (κ3) is 3.26. The number of nitrogens with zero attached hydrogens (tertiary/aromatic N) is 3. The van der Waals surface area contributed by atoms with Gasteiger partial charge in [-0.1, -0.05) is 6.92 Å². The fourth-order valence-corrected chi connectivity index (χ4v) is 2.12. The van der Waals surface area contributed by atoms with Crippen LogP contribution in [0.15, 0.2) is 35.5 Å². The molecule has 0 fully saturated rings. The number of hydrogen-bond acceptors (Lipinski definition) is 4. The topological polar surface area (TPSA) is 42.7 Å². The van der Waals surface area contributed by atoms with E-state index in [9.17, 15) is 0 Å². The van der Waals surface area contributed by atoms with Gasteiger partial charge in [0.15, 0.2) is 0 Å². The molecule has 2 aromatic rings. The summed E-state index contributed by atoms with van der Waals surface area (Å²) in [5.74, 6) is 0.978. The van der Waals surface area contributed by atoms with Crippen LogP contribution in [0, 0.1) is 0 Å². The fourth-order valence-electron chi connectivity index (χ4n) is 1.71. The molecule has 5 heteroatoms. The normalized spacial score (nSPS) is 10.6. The van der Waals surface area contributed by atoms with Gasteiger partial charge in [0.2, 0.25) is 0 Å². The van der Waals surface area contributed by atoms with Gasteiger partial charge in [-0.2, -0.15) is 5.10 Å². The molecule has 0 aliphatic rings. The zero-order valence-corrected chi connectivity index (χ0v) is 11.6. The lowest BCUT2D eigenvalue weighted by molar-refractivity contribution is 0.574. The Morgan fingerprint density at radius 2 is 2.06 bits per heavy atom. The number of aromatic nitrogens is 3. The summed E-state index contributed by atoms with van der Waals surface area (Å²) in [7, 11) is 0. The molecule has 0 atom stereocenters. The van der Waals surface area contributed by atoms with Crippen molar-refractivity contribution in [1.82, 2.24) is 14.8 Å². The SMILES string of the molecule is CCCn1ncnc1CNc1ccc(SC)cc1. The van der Waals surface area contributed by atoms with Crippen molar-refractivity contribution in [3.05, 3.63) is 36.4 Å². The molecule has 0 saturated heterocycles. The van der Waals surface area contributed by atoms with Crippen LogP contribution in [0.2, 0.25) is 0 Å². The highest BCUT2D eigenvalue weighted by atomic mass is 32.2. The lowest BCUT2D eigenvalue weighted by Crippen LogP contribution is -2.09. The lowest BCUT2D eigenvalue weighted by Gasteiger charge is -2.08. The first kappa shape index (κ1) is 13.0. The van der Waals surface area contributed by atoms with Crippen LogP contribution in [0.3, 0.4) is 0 Å². The van der Waals surface area contributed by atoms with Gasteiger partial charge in [0.25, 0.3) is 0 Å². The highest BCUT2D eigenvalue weighted by molar-refractivity contribution is 7.98. The number of aryl methyl sites for hydroxylation is 1. The molecule has 18 heavy (non-hydrogen) atoms. The van der Waals surface area contributed by atoms with Crippen LogP contribution in [-0.2, 0) is 13.1 Å². The van der Waals surface area contributed by atoms with Crippen LogP contribution in [0.1, 0.15) is 19.2 Å². The van der Waals surface area contributed by atoms with Gasteiger partial charge in [-0.15, -0.1) is 11.8 Å². The second kappa shape index (κ2) is 6.44. The molecule has 1 aromatic heterocycles. The van der Waals surface area contributed by atoms with Gasteiger partial charge in [-0.3, -0.25) is 0 Å². The van der Waals surface area contributed by atoms with Crippen molar-refractivity contribution >= 4 is 17.4 Å². The number of nitrogens with one attached hydrogen (secondary N) is 1. The summed E-state index contributed by atoms with van der Waals surface area (Å²) >= 11 is 1.75. The van der Waals surface area contributed by atoms with E-state index in [2.05, 4.69) is 52.8 Å². The molecule has 0 aliphatic carbocycles. The van der Waals surface area contributed by atoms with Crippen molar-refractivity contribution in [3.8, 4) is 0 Å². The molecule has 0 saturated carbocycles. The Kier molecular flexibility index (Phi) is 4.64. The van der Waals surface area contributed by atoms with E-state index in [1.807, 2.05) is 4.68 Å². The molecule has 0 radical (unpaired) electrons. The predicted octanol–water partition coefficient (Wildman–Crippen LogP) is 3.02. The van der Waals surface area contributed by atoms with E-state index in [0.717, 1.165) is 24.5 Å². The second-order valence-corrected chi connectivity index (χ2v) is 4.86. The standard InChI is InChI=1S/C13H18N4S/c1-3-8-17-13(15-10-16-17)9-14-11-4-6-12(18-2)7-5-11/h4-7,10,14H,3,8-9H2,1-2H3. The Morgan fingerprint density at radius 1 is 1.28 bits per heavy atom. The number of thioether (sulfide) groups is 1. The quantitative estimate of drug-likeness (QED) is 0.813. The molecule has 1 aromatic carbocycles. The van der Waals surface area contributed by atoms with Crippen molar-refractivity contribution < 1.29 is 0 Å². The molecular weight excluding hydrogens is 244 g/mol. The first-order valence-electron chi connectivity index (χ1n) is 6.08. The van der Waals surface area contributed by atoms with Crippen LogP contribution in [0.4, 0.5) is 5.69 Å². The average Bonchev–Trinajstić information content (AvgIpc) is 2.85. The first-order valence-corrected chi connectivity index (χ1v) is 7.30. The van der Waals surface area contributed by atoms with Crippen molar-refractivity contribution in [3.63, 3.8) is 0 Å². The zero-order chi connectivity index (χ0) is 12.8. The third-order valence-electron chi connectivity index (χ3n) is 2.67. The summed E-state index contributed by atoms with van der Waals surface area (Å²) in [6.07, 6.45) is 4.76. The van der Waals surface area contributed by atoms with Gasteiger partial charge in [-0.05, 0) is 36.9 Å². The van der Waals surface area contributed by atoms with Crippen LogP contribution in [-0.4, -0.2) is 21.0 Å². The largest absolute Gasteiger partial charge is 0.378 e. The Bertz CT molecular complexity index is 478. The predicted molar refractivity (Wildman–Crippen MR) is 75.9 cm³/mol. The van der Waals surface area contributed by atoms with Gasteiger partial charge < -0.3 is 5.32 Å². The molecule has 0 bridgehead atoms. The highest BCUT2D eigenvalue weighted by Crippen LogP contribution is 2.17. The number of anilines is 1. The van der Waals surface area contributed by atoms with E-state index >= 15 is 0 Å². The maximum atomic E-state index is 4.27. The van der Waals surface area contributed by atoms with E-state index in [-0.39, 0.29) is 0 Å². The van der Waals surface area contributed by atoms with E-state index < -0.39 is 0 Å². The Labute approximate surface area is 112 Å². The van der Waals surface area contributed by atoms with Crippen molar-refractivity contribution in [2.75, 3.05) is 11.6 Å². The molecule has 2 rings (SSSR count). The highest BCUT2D eigenvalue weighted by Gasteiger charge is 2.02. The molecule has 0 amide bonds. The minimum absolute atomic E-state index is 0.707. The summed E-state index contributed by atoms with van der Waals surface area (Å²) in [6, 6.07) is 8.41. The molecule has 1 N–H and O–H groups in total. The average molecular weight is 262 g/mol. The molecule has 0 aliphatic heterocycles. The Morgan fingerprint density at radius 3 is 2.72 bits per heavy atom. The van der Waals surface area contributed by atoms with Gasteiger partial charge >= 0.3 is 0 Å². The summed E-state index contributed by atoms with van der Waals surface area (Å²) in [5, 5.41) is 7.57. The smallest absolute Gasteiger partial charge is 0.146 e. The summed E-state index contributed by atoms with van der Waals surface area (Å²) in [4.78, 5) is 5.54. The van der Waals surface area contributed by atoms with E-state index in [1.54, 1.807) is 18.1 Å². The van der Waals surface area contributed by atoms with Crippen molar-refractivity contribution in [2.24, 2.45) is 0 Å². The minimum atomic E-state index is 0.707. The molecule has 0 unspecified atom stereocenters. The third-order valence-corrected chi connectivity index (χ3v) is 3.42. The number of hydrogen-bond donors (Lipinski definition) is 1. The fraction of sp³-hybridized carbons (Fsp3) is 0.385. The number of rotatable bonds is 6. The first-order chi connectivity index (χ1) is 8.83. The number of benzene rings is 1. The van der Waals surface area contributed by atoms with Gasteiger partial charge in [0, 0.05) is 17.1 Å². The van der Waals surface area contributed by atoms with Gasteiger partial charge in [-0.25, -0.2) is 9.67 Å². The zero-order valence-electron chi connectivity index (χ0n) is 10.8. The molecule has 96 valence electrons. The van der Waals surface area contributed by atoms with E-state index in [1.165, 1.54) is 4.90 Å². The van der Waals surface area contributed by atoms with Crippen molar-refractivity contribution in [2.45, 2.75) is 31.3 Å². The second-order valence-electron chi connectivity index (χ2n) is 3.98. The van der Waals surface area contributed by atoms with Gasteiger partial charge in [0.1, 0.15) is 12.2 Å². The van der Waals surface area contributed by atoms with Crippen LogP contribution >= 0.6 is 11.8 Å². The summed E-state index contributed by atoms with van der Waals surface area (Å²) in [6.45, 7) is 3.76. The van der Waals surface area contributed by atoms with Crippen molar-refractivity contribution in [1.29, 1.82) is 0 Å². The molecular formula is C13H18N4S. The monoisotopic (exact) mass is 262 g/mol. The summed E-state index contributed by atoms with van der Waals surface area (Å²) in [5.41, 5.74) is 1.11. The molecule has 1 heterocycles. The van der Waals surface area contributed by atoms with Crippen LogP contribution in [0.5, 0.6) is 0 Å². The molecule has 0 spiro atoms. The van der Waals surface area contributed by atoms with E-state index in [4.69, 9.17) is 0 Å².